The molecule has 1 saturated heterocycles. The molecule has 1 aliphatic rings. The third-order valence-electron chi connectivity index (χ3n) is 2.02. The van der Waals surface area contributed by atoms with Crippen LogP contribution in [0.1, 0.15) is 19.8 Å². The van der Waals surface area contributed by atoms with Gasteiger partial charge in [0.05, 0.1) is 19.3 Å². The van der Waals surface area contributed by atoms with Gasteiger partial charge in [0.25, 0.3) is 0 Å². The van der Waals surface area contributed by atoms with E-state index in [9.17, 15) is 0 Å². The summed E-state index contributed by atoms with van der Waals surface area (Å²) in [4.78, 5) is 0. The Morgan fingerprint density at radius 2 is 2.50 bits per heavy atom. The van der Waals surface area contributed by atoms with Gasteiger partial charge in [-0.15, -0.1) is 0 Å². The van der Waals surface area contributed by atoms with Gasteiger partial charge in [-0.25, -0.2) is 5.32 Å². The summed E-state index contributed by atoms with van der Waals surface area (Å²) >= 11 is 0. The molecule has 0 saturated carbocycles. The average Bonchev–Trinajstić information content (AvgIpc) is 2.14. The molecule has 0 aliphatic carbocycles. The Hall–Kier alpha value is -0.120. The van der Waals surface area contributed by atoms with Gasteiger partial charge >= 0.3 is 0 Å². The zero-order valence-corrected chi connectivity index (χ0v) is 7.88. The average molecular weight is 171 g/mol. The highest BCUT2D eigenvalue weighted by atomic mass is 16.5. The Bertz CT molecular complexity index is 103. The number of nitrogens with one attached hydrogen (secondary N) is 1. The molecule has 12 heavy (non-hydrogen) atoms. The van der Waals surface area contributed by atoms with E-state index in [0.717, 1.165) is 32.8 Å². The fourth-order valence-electron chi connectivity index (χ4n) is 1.27. The molecule has 1 heterocycles. The molecular weight excluding hydrogens is 152 g/mol. The topological polar surface area (TPSA) is 35.4 Å². The summed E-state index contributed by atoms with van der Waals surface area (Å²) in [7, 11) is 0. The molecule has 0 aromatic rings. The van der Waals surface area contributed by atoms with Crippen molar-refractivity contribution in [1.29, 1.82) is 0 Å². The van der Waals surface area contributed by atoms with E-state index in [-0.39, 0.29) is 0 Å². The van der Waals surface area contributed by atoms with E-state index in [1.165, 1.54) is 12.8 Å². The maximum absolute atomic E-state index is 5.31. The molecule has 0 amide bonds. The highest BCUT2D eigenvalue weighted by Crippen LogP contribution is 1.93. The Morgan fingerprint density at radius 3 is 3.17 bits per heavy atom. The molecule has 1 radical (unpaired) electrons. The standard InChI is InChI=1S/C9H19N2O/c1-2-3-4-10-7-9-8-12-6-5-11-9/h9-10H,2-8H2,1H3. The van der Waals surface area contributed by atoms with Crippen molar-refractivity contribution >= 4 is 0 Å². The Balaban J connectivity index is 1.91. The van der Waals surface area contributed by atoms with Crippen LogP contribution in [0, 0.1) is 0 Å². The zero-order valence-electron chi connectivity index (χ0n) is 7.88. The summed E-state index contributed by atoms with van der Waals surface area (Å²) in [5.41, 5.74) is 0. The third kappa shape index (κ3) is 4.04. The molecule has 1 rings (SSSR count). The molecule has 0 aromatic carbocycles. The number of rotatable bonds is 5. The predicted molar refractivity (Wildman–Crippen MR) is 49.4 cm³/mol. The summed E-state index contributed by atoms with van der Waals surface area (Å²) in [6, 6.07) is 0.399. The van der Waals surface area contributed by atoms with Crippen molar-refractivity contribution in [3.05, 3.63) is 0 Å². The molecule has 1 fully saturated rings. The van der Waals surface area contributed by atoms with Crippen molar-refractivity contribution in [1.82, 2.24) is 10.6 Å². The maximum Gasteiger partial charge on any atom is 0.0649 e. The van der Waals surface area contributed by atoms with Crippen molar-refractivity contribution in [2.45, 2.75) is 25.8 Å². The lowest BCUT2D eigenvalue weighted by atomic mass is 10.2. The minimum absolute atomic E-state index is 0.399. The molecule has 0 aromatic heterocycles. The molecule has 3 heteroatoms. The van der Waals surface area contributed by atoms with Crippen molar-refractivity contribution < 1.29 is 4.74 Å². The minimum Gasteiger partial charge on any atom is -0.378 e. The molecule has 1 atom stereocenters. The molecule has 71 valence electrons. The first-order valence-corrected chi connectivity index (χ1v) is 4.88. The Morgan fingerprint density at radius 1 is 1.58 bits per heavy atom. The molecule has 1 aliphatic heterocycles. The summed E-state index contributed by atoms with van der Waals surface area (Å²) in [5.74, 6) is 0. The van der Waals surface area contributed by atoms with Gasteiger partial charge in [-0.2, -0.15) is 0 Å². The lowest BCUT2D eigenvalue weighted by molar-refractivity contribution is 0.0744. The van der Waals surface area contributed by atoms with Gasteiger partial charge in [0.15, 0.2) is 0 Å². The van der Waals surface area contributed by atoms with Crippen LogP contribution in [-0.4, -0.2) is 38.9 Å². The number of morpholine rings is 1. The van der Waals surface area contributed by atoms with E-state index in [2.05, 4.69) is 17.6 Å². The van der Waals surface area contributed by atoms with E-state index in [4.69, 9.17) is 4.74 Å². The van der Waals surface area contributed by atoms with E-state index < -0.39 is 0 Å². The SMILES string of the molecule is CCCCNCC1COCC[N]1. The van der Waals surface area contributed by atoms with Crippen LogP contribution in [0.4, 0.5) is 0 Å². The van der Waals surface area contributed by atoms with Gasteiger partial charge in [-0.1, -0.05) is 13.3 Å². The fourth-order valence-corrected chi connectivity index (χ4v) is 1.27. The largest absolute Gasteiger partial charge is 0.378 e. The van der Waals surface area contributed by atoms with Crippen molar-refractivity contribution in [3.63, 3.8) is 0 Å². The highest BCUT2D eigenvalue weighted by Gasteiger charge is 2.12. The van der Waals surface area contributed by atoms with Crippen LogP contribution in [0.15, 0.2) is 0 Å². The molecule has 0 bridgehead atoms. The fraction of sp³-hybridized carbons (Fsp3) is 1.00. The van der Waals surface area contributed by atoms with Crippen LogP contribution in [0.25, 0.3) is 0 Å². The van der Waals surface area contributed by atoms with E-state index in [1.807, 2.05) is 0 Å². The second kappa shape index (κ2) is 6.40. The number of hydrogen-bond donors (Lipinski definition) is 1. The van der Waals surface area contributed by atoms with Crippen molar-refractivity contribution in [2.75, 3.05) is 32.8 Å². The smallest absolute Gasteiger partial charge is 0.0649 e. The molecule has 3 nitrogen and oxygen atoms in total. The van der Waals surface area contributed by atoms with E-state index in [1.54, 1.807) is 0 Å². The quantitative estimate of drug-likeness (QED) is 0.607. The first-order valence-electron chi connectivity index (χ1n) is 4.88. The van der Waals surface area contributed by atoms with Crippen molar-refractivity contribution in [3.8, 4) is 0 Å². The lowest BCUT2D eigenvalue weighted by Gasteiger charge is -2.22. The normalized spacial score (nSPS) is 24.2. The van der Waals surface area contributed by atoms with Crippen LogP contribution >= 0.6 is 0 Å². The van der Waals surface area contributed by atoms with Crippen LogP contribution in [0.2, 0.25) is 0 Å². The van der Waals surface area contributed by atoms with Crippen LogP contribution in [0.3, 0.4) is 0 Å². The lowest BCUT2D eigenvalue weighted by Crippen LogP contribution is -2.43. The van der Waals surface area contributed by atoms with Gasteiger partial charge in [-0.05, 0) is 13.0 Å². The Kier molecular flexibility index (Phi) is 5.32. The monoisotopic (exact) mass is 171 g/mol. The van der Waals surface area contributed by atoms with Crippen LogP contribution in [0.5, 0.6) is 0 Å². The van der Waals surface area contributed by atoms with Gasteiger partial charge in [0.1, 0.15) is 0 Å². The highest BCUT2D eigenvalue weighted by molar-refractivity contribution is 4.71. The second-order valence-corrected chi connectivity index (χ2v) is 3.19. The summed E-state index contributed by atoms with van der Waals surface area (Å²) in [6.07, 6.45) is 2.51. The summed E-state index contributed by atoms with van der Waals surface area (Å²) in [5, 5.41) is 7.82. The number of hydrogen-bond acceptors (Lipinski definition) is 2. The summed E-state index contributed by atoms with van der Waals surface area (Å²) in [6.45, 7) is 6.79. The molecular formula is C9H19N2O. The van der Waals surface area contributed by atoms with Gasteiger partial charge < -0.3 is 10.1 Å². The molecule has 1 unspecified atom stereocenters. The van der Waals surface area contributed by atoms with Crippen molar-refractivity contribution in [2.24, 2.45) is 0 Å². The molecule has 0 spiro atoms. The zero-order chi connectivity index (χ0) is 8.65. The Labute approximate surface area is 74.9 Å². The number of unbranched alkanes of at least 4 members (excludes halogenated alkanes) is 1. The van der Waals surface area contributed by atoms with Crippen LogP contribution in [-0.2, 0) is 4.74 Å². The summed E-state index contributed by atoms with van der Waals surface area (Å²) < 4.78 is 5.31. The second-order valence-electron chi connectivity index (χ2n) is 3.19. The number of nitrogens with zero attached hydrogens (tertiary/aromatic N) is 1. The number of ether oxygens (including phenoxy) is 1. The van der Waals surface area contributed by atoms with Gasteiger partial charge in [0, 0.05) is 13.1 Å². The van der Waals surface area contributed by atoms with Gasteiger partial charge in [0.2, 0.25) is 0 Å². The minimum atomic E-state index is 0.399. The van der Waals surface area contributed by atoms with Crippen LogP contribution < -0.4 is 10.6 Å². The molecule has 1 N–H and O–H groups in total. The van der Waals surface area contributed by atoms with Gasteiger partial charge in [-0.3, -0.25) is 0 Å². The maximum atomic E-state index is 5.31. The first kappa shape index (κ1) is 9.96. The van der Waals surface area contributed by atoms with E-state index in [0.29, 0.717) is 6.04 Å². The van der Waals surface area contributed by atoms with E-state index >= 15 is 0 Å². The first-order chi connectivity index (χ1) is 5.93. The third-order valence-corrected chi connectivity index (χ3v) is 2.02. The predicted octanol–water partition coefficient (Wildman–Crippen LogP) is 0.379.